The third-order valence-electron chi connectivity index (χ3n) is 2.24. The molecule has 0 aliphatic heterocycles. The van der Waals surface area contributed by atoms with E-state index in [1.54, 1.807) is 18.2 Å². The van der Waals surface area contributed by atoms with Crippen molar-refractivity contribution < 1.29 is 8.42 Å². The lowest BCUT2D eigenvalue weighted by Crippen LogP contribution is -2.13. The van der Waals surface area contributed by atoms with Crippen LogP contribution in [-0.4, -0.2) is 13.4 Å². The highest BCUT2D eigenvalue weighted by Gasteiger charge is 2.16. The van der Waals surface area contributed by atoms with E-state index in [-0.39, 0.29) is 10.7 Å². The number of nitrogen functional groups attached to an aromatic ring is 1. The number of nitrogens with two attached hydrogens (primary N) is 1. The molecular weight excluding hydrogens is 354 g/mol. The molecule has 0 bridgehead atoms. The smallest absolute Gasteiger partial charge is 0.263 e. The second-order valence-corrected chi connectivity index (χ2v) is 6.62. The highest BCUT2D eigenvalue weighted by atomic mass is 79.9. The first kappa shape index (κ1) is 14.1. The molecule has 0 saturated heterocycles. The van der Waals surface area contributed by atoms with Gasteiger partial charge in [-0.05, 0) is 46.3 Å². The Bertz CT molecular complexity index is 704. The van der Waals surface area contributed by atoms with E-state index in [2.05, 4.69) is 25.6 Å². The van der Waals surface area contributed by atoms with Crippen LogP contribution in [0.3, 0.4) is 0 Å². The molecule has 0 spiro atoms. The molecule has 3 N–H and O–H groups in total. The summed E-state index contributed by atoms with van der Waals surface area (Å²) in [6.07, 6.45) is 1.20. The van der Waals surface area contributed by atoms with Gasteiger partial charge in [-0.1, -0.05) is 11.6 Å². The zero-order valence-corrected chi connectivity index (χ0v) is 12.6. The minimum atomic E-state index is -3.71. The van der Waals surface area contributed by atoms with Crippen LogP contribution in [0.5, 0.6) is 0 Å². The molecule has 0 aliphatic carbocycles. The topological polar surface area (TPSA) is 85.1 Å². The highest BCUT2D eigenvalue weighted by Crippen LogP contribution is 2.27. The Morgan fingerprint density at radius 3 is 2.58 bits per heavy atom. The SMILES string of the molecule is Nc1ccc(S(=O)(=O)Nc2ccc(Cl)cc2Br)cn1. The van der Waals surface area contributed by atoms with Gasteiger partial charge in [-0.3, -0.25) is 4.72 Å². The van der Waals surface area contributed by atoms with Crippen LogP contribution in [0, 0.1) is 0 Å². The van der Waals surface area contributed by atoms with Crippen LogP contribution in [0.25, 0.3) is 0 Å². The summed E-state index contributed by atoms with van der Waals surface area (Å²) in [5.74, 6) is 0.256. The van der Waals surface area contributed by atoms with Gasteiger partial charge in [-0.2, -0.15) is 0 Å². The van der Waals surface area contributed by atoms with Gasteiger partial charge in [-0.15, -0.1) is 0 Å². The van der Waals surface area contributed by atoms with E-state index in [4.69, 9.17) is 17.3 Å². The third-order valence-corrected chi connectivity index (χ3v) is 4.49. The van der Waals surface area contributed by atoms with Crippen molar-refractivity contribution in [3.05, 3.63) is 46.0 Å². The van der Waals surface area contributed by atoms with Crippen LogP contribution in [0.1, 0.15) is 0 Å². The van der Waals surface area contributed by atoms with Crippen molar-refractivity contribution in [2.24, 2.45) is 0 Å². The normalized spacial score (nSPS) is 11.3. The van der Waals surface area contributed by atoms with Crippen LogP contribution in [0.15, 0.2) is 45.9 Å². The fraction of sp³-hybridized carbons (Fsp3) is 0. The molecular formula is C11H9BrClN3O2S. The zero-order valence-electron chi connectivity index (χ0n) is 9.47. The predicted octanol–water partition coefficient (Wildman–Crippen LogP) is 2.88. The second-order valence-electron chi connectivity index (χ2n) is 3.65. The minimum Gasteiger partial charge on any atom is -0.384 e. The summed E-state index contributed by atoms with van der Waals surface area (Å²) in [6.45, 7) is 0. The van der Waals surface area contributed by atoms with Crippen molar-refractivity contribution >= 4 is 49.1 Å². The Morgan fingerprint density at radius 1 is 1.26 bits per heavy atom. The quantitative estimate of drug-likeness (QED) is 0.879. The van der Waals surface area contributed by atoms with Crippen LogP contribution < -0.4 is 10.5 Å². The van der Waals surface area contributed by atoms with Gasteiger partial charge in [0.2, 0.25) is 0 Å². The highest BCUT2D eigenvalue weighted by molar-refractivity contribution is 9.10. The molecule has 8 heteroatoms. The van der Waals surface area contributed by atoms with Crippen molar-refractivity contribution in [3.63, 3.8) is 0 Å². The maximum atomic E-state index is 12.1. The standard InChI is InChI=1S/C11H9BrClN3O2S/c12-9-5-7(13)1-3-10(9)16-19(17,18)8-2-4-11(14)15-6-8/h1-6,16H,(H2,14,15). The first-order valence-corrected chi connectivity index (χ1v) is 7.73. The number of nitrogens with zero attached hydrogens (tertiary/aromatic N) is 1. The van der Waals surface area contributed by atoms with E-state index in [1.807, 2.05) is 0 Å². The van der Waals surface area contributed by atoms with Gasteiger partial charge in [0.25, 0.3) is 10.0 Å². The molecule has 19 heavy (non-hydrogen) atoms. The Labute approximate surface area is 124 Å². The second kappa shape index (κ2) is 5.36. The molecule has 100 valence electrons. The monoisotopic (exact) mass is 361 g/mol. The van der Waals surface area contributed by atoms with E-state index in [0.717, 1.165) is 0 Å². The Balaban J connectivity index is 2.33. The van der Waals surface area contributed by atoms with E-state index in [0.29, 0.717) is 15.2 Å². The summed E-state index contributed by atoms with van der Waals surface area (Å²) < 4.78 is 27.2. The Hall–Kier alpha value is -1.31. The number of nitrogens with one attached hydrogen (secondary N) is 1. The molecule has 0 unspecified atom stereocenters. The molecule has 0 fully saturated rings. The molecule has 0 atom stereocenters. The van der Waals surface area contributed by atoms with E-state index in [1.165, 1.54) is 18.3 Å². The summed E-state index contributed by atoms with van der Waals surface area (Å²) in [5, 5.41) is 0.504. The van der Waals surface area contributed by atoms with Gasteiger partial charge in [0, 0.05) is 15.7 Å². The zero-order chi connectivity index (χ0) is 14.0. The molecule has 0 saturated carbocycles. The van der Waals surface area contributed by atoms with Crippen molar-refractivity contribution in [1.29, 1.82) is 0 Å². The lowest BCUT2D eigenvalue weighted by molar-refractivity contribution is 0.601. The summed E-state index contributed by atoms with van der Waals surface area (Å²) in [6, 6.07) is 7.56. The van der Waals surface area contributed by atoms with Gasteiger partial charge in [0.1, 0.15) is 10.7 Å². The summed E-state index contributed by atoms with van der Waals surface area (Å²) in [4.78, 5) is 3.78. The molecule has 2 aromatic rings. The molecule has 0 radical (unpaired) electrons. The summed E-state index contributed by atoms with van der Waals surface area (Å²) in [5.41, 5.74) is 5.80. The fourth-order valence-corrected chi connectivity index (χ4v) is 3.26. The van der Waals surface area contributed by atoms with Gasteiger partial charge < -0.3 is 5.73 Å². The number of anilines is 2. The van der Waals surface area contributed by atoms with Crippen LogP contribution >= 0.6 is 27.5 Å². The van der Waals surface area contributed by atoms with Crippen LogP contribution in [-0.2, 0) is 10.0 Å². The average Bonchev–Trinajstić information content (AvgIpc) is 2.33. The van der Waals surface area contributed by atoms with Gasteiger partial charge >= 0.3 is 0 Å². The van der Waals surface area contributed by atoms with Gasteiger partial charge in [-0.25, -0.2) is 13.4 Å². The molecule has 2 rings (SSSR count). The van der Waals surface area contributed by atoms with Crippen LogP contribution in [0.4, 0.5) is 11.5 Å². The minimum absolute atomic E-state index is 0.0311. The first-order valence-electron chi connectivity index (χ1n) is 5.08. The van der Waals surface area contributed by atoms with E-state index in [9.17, 15) is 8.42 Å². The maximum Gasteiger partial charge on any atom is 0.263 e. The number of sulfonamides is 1. The number of aromatic nitrogens is 1. The van der Waals surface area contributed by atoms with Crippen LogP contribution in [0.2, 0.25) is 5.02 Å². The predicted molar refractivity (Wildman–Crippen MR) is 78.6 cm³/mol. The van der Waals surface area contributed by atoms with Gasteiger partial charge in [0.05, 0.1) is 5.69 Å². The number of halogens is 2. The van der Waals surface area contributed by atoms with Crippen molar-refractivity contribution in [1.82, 2.24) is 4.98 Å². The summed E-state index contributed by atoms with van der Waals surface area (Å²) >= 11 is 9.03. The van der Waals surface area contributed by atoms with Crippen molar-refractivity contribution in [2.75, 3.05) is 10.5 Å². The number of pyridine rings is 1. The number of benzene rings is 1. The summed E-state index contributed by atoms with van der Waals surface area (Å²) in [7, 11) is -3.71. The molecule has 1 aromatic heterocycles. The van der Waals surface area contributed by atoms with E-state index >= 15 is 0 Å². The van der Waals surface area contributed by atoms with Crippen molar-refractivity contribution in [2.45, 2.75) is 4.90 Å². The molecule has 0 amide bonds. The molecule has 0 aliphatic rings. The number of hydrogen-bond acceptors (Lipinski definition) is 4. The average molecular weight is 363 g/mol. The lowest BCUT2D eigenvalue weighted by atomic mass is 10.3. The van der Waals surface area contributed by atoms with E-state index < -0.39 is 10.0 Å². The maximum absolute atomic E-state index is 12.1. The Morgan fingerprint density at radius 2 is 2.00 bits per heavy atom. The molecule has 1 aromatic carbocycles. The fourth-order valence-electron chi connectivity index (χ4n) is 1.33. The third kappa shape index (κ3) is 3.37. The molecule has 1 heterocycles. The lowest BCUT2D eigenvalue weighted by Gasteiger charge is -2.09. The largest absolute Gasteiger partial charge is 0.384 e. The molecule has 5 nitrogen and oxygen atoms in total. The van der Waals surface area contributed by atoms with Gasteiger partial charge in [0.15, 0.2) is 0 Å². The van der Waals surface area contributed by atoms with Crippen molar-refractivity contribution in [3.8, 4) is 0 Å². The number of rotatable bonds is 3. The number of hydrogen-bond donors (Lipinski definition) is 2. The Kier molecular flexibility index (Phi) is 3.98. The first-order chi connectivity index (χ1) is 8.88.